The molecule has 0 aliphatic carbocycles. The number of aryl methyl sites for hydroxylation is 1. The average Bonchev–Trinajstić information content (AvgIpc) is 2.52. The first-order valence-corrected chi connectivity index (χ1v) is 7.04. The van der Waals surface area contributed by atoms with Crippen molar-refractivity contribution >= 4 is 0 Å². The van der Waals surface area contributed by atoms with E-state index in [0.717, 1.165) is 19.3 Å². The molecule has 0 radical (unpaired) electrons. The van der Waals surface area contributed by atoms with Gasteiger partial charge in [-0.25, -0.2) is 0 Å². The molecule has 2 rings (SSSR count). The maximum atomic E-state index is 5.78. The third kappa shape index (κ3) is 4.57. The van der Waals surface area contributed by atoms with Crippen LogP contribution in [0.5, 0.6) is 0 Å². The second-order valence-electron chi connectivity index (χ2n) is 4.79. The molecule has 20 heavy (non-hydrogen) atoms. The van der Waals surface area contributed by atoms with Crippen LogP contribution in [0.2, 0.25) is 0 Å². The van der Waals surface area contributed by atoms with Crippen LogP contribution in [-0.4, -0.2) is 6.61 Å². The van der Waals surface area contributed by atoms with Crippen molar-refractivity contribution in [1.82, 2.24) is 0 Å². The van der Waals surface area contributed by atoms with Crippen molar-refractivity contribution in [2.24, 2.45) is 0 Å². The van der Waals surface area contributed by atoms with E-state index in [1.165, 1.54) is 11.1 Å². The number of rotatable bonds is 7. The lowest BCUT2D eigenvalue weighted by Gasteiger charge is -2.17. The molecule has 0 fully saturated rings. The fourth-order valence-corrected chi connectivity index (χ4v) is 2.30. The van der Waals surface area contributed by atoms with E-state index in [4.69, 9.17) is 11.2 Å². The largest absolute Gasteiger partial charge is 0.361 e. The van der Waals surface area contributed by atoms with Gasteiger partial charge < -0.3 is 4.74 Å². The van der Waals surface area contributed by atoms with Crippen LogP contribution in [0.25, 0.3) is 0 Å². The summed E-state index contributed by atoms with van der Waals surface area (Å²) in [6, 6.07) is 20.8. The van der Waals surface area contributed by atoms with Crippen molar-refractivity contribution in [2.75, 3.05) is 6.61 Å². The summed E-state index contributed by atoms with van der Waals surface area (Å²) >= 11 is 0. The third-order valence-electron chi connectivity index (χ3n) is 3.31. The predicted octanol–water partition coefficient (Wildman–Crippen LogP) is 4.40. The van der Waals surface area contributed by atoms with Gasteiger partial charge in [-0.3, -0.25) is 0 Å². The first-order valence-electron chi connectivity index (χ1n) is 7.04. The lowest BCUT2D eigenvalue weighted by molar-refractivity contribution is 0.0696. The molecule has 102 valence electrons. The van der Waals surface area contributed by atoms with Crippen LogP contribution in [0.15, 0.2) is 60.7 Å². The molecule has 0 amide bonds. The Morgan fingerprint density at radius 2 is 1.60 bits per heavy atom. The molecule has 1 heteroatoms. The summed E-state index contributed by atoms with van der Waals surface area (Å²) in [6.07, 6.45) is 8.54. The predicted molar refractivity (Wildman–Crippen MR) is 83.3 cm³/mol. The molecule has 0 aliphatic heterocycles. The summed E-state index contributed by atoms with van der Waals surface area (Å²) in [7, 11) is 0. The van der Waals surface area contributed by atoms with Gasteiger partial charge >= 0.3 is 0 Å². The molecule has 0 heterocycles. The SMILES string of the molecule is C#CCOC(CCCc1ccccc1)c1ccccc1. The number of benzene rings is 2. The van der Waals surface area contributed by atoms with E-state index in [2.05, 4.69) is 42.3 Å². The van der Waals surface area contributed by atoms with Crippen LogP contribution in [0, 0.1) is 12.3 Å². The van der Waals surface area contributed by atoms with Crippen LogP contribution in [0.1, 0.15) is 30.1 Å². The molecule has 0 bridgehead atoms. The lowest BCUT2D eigenvalue weighted by atomic mass is 10.0. The van der Waals surface area contributed by atoms with Crippen LogP contribution < -0.4 is 0 Å². The van der Waals surface area contributed by atoms with Crippen molar-refractivity contribution in [3.8, 4) is 12.3 Å². The molecule has 0 N–H and O–H groups in total. The van der Waals surface area contributed by atoms with Gasteiger partial charge in [0.15, 0.2) is 0 Å². The molecule has 1 nitrogen and oxygen atoms in total. The maximum absolute atomic E-state index is 5.78. The Labute approximate surface area is 121 Å². The Morgan fingerprint density at radius 1 is 0.950 bits per heavy atom. The highest BCUT2D eigenvalue weighted by molar-refractivity contribution is 5.18. The smallest absolute Gasteiger partial charge is 0.108 e. The monoisotopic (exact) mass is 264 g/mol. The summed E-state index contributed by atoms with van der Waals surface area (Å²) in [4.78, 5) is 0. The quantitative estimate of drug-likeness (QED) is 0.673. The van der Waals surface area contributed by atoms with E-state index in [1.807, 2.05) is 24.3 Å². The van der Waals surface area contributed by atoms with Gasteiger partial charge in [-0.15, -0.1) is 6.42 Å². The normalized spacial score (nSPS) is 11.8. The van der Waals surface area contributed by atoms with Crippen LogP contribution in [0.3, 0.4) is 0 Å². The number of hydrogen-bond acceptors (Lipinski definition) is 1. The van der Waals surface area contributed by atoms with Crippen molar-refractivity contribution in [2.45, 2.75) is 25.4 Å². The van der Waals surface area contributed by atoms with E-state index < -0.39 is 0 Å². The second kappa shape index (κ2) is 8.19. The van der Waals surface area contributed by atoms with Gasteiger partial charge in [0.2, 0.25) is 0 Å². The number of hydrogen-bond donors (Lipinski definition) is 0. The Morgan fingerprint density at radius 3 is 2.25 bits per heavy atom. The van der Waals surface area contributed by atoms with Crippen LogP contribution in [0.4, 0.5) is 0 Å². The highest BCUT2D eigenvalue weighted by Crippen LogP contribution is 2.23. The van der Waals surface area contributed by atoms with Gasteiger partial charge in [0.05, 0.1) is 6.10 Å². The Bertz CT molecular complexity index is 525. The Kier molecular flexibility index (Phi) is 5.89. The van der Waals surface area contributed by atoms with E-state index >= 15 is 0 Å². The summed E-state index contributed by atoms with van der Waals surface area (Å²) in [5.74, 6) is 2.55. The fraction of sp³-hybridized carbons (Fsp3) is 0.263. The highest BCUT2D eigenvalue weighted by Gasteiger charge is 2.10. The molecule has 0 saturated heterocycles. The Hall–Kier alpha value is -2.04. The molecule has 0 aliphatic rings. The molecular formula is C19H20O. The van der Waals surface area contributed by atoms with Gasteiger partial charge in [0.1, 0.15) is 6.61 Å². The molecular weight excluding hydrogens is 244 g/mol. The molecule has 2 aromatic carbocycles. The lowest BCUT2D eigenvalue weighted by Crippen LogP contribution is -2.05. The molecule has 0 spiro atoms. The van der Waals surface area contributed by atoms with Crippen LogP contribution in [-0.2, 0) is 11.2 Å². The minimum Gasteiger partial charge on any atom is -0.361 e. The standard InChI is InChI=1S/C19H20O/c1-2-16-20-19(18-13-7-4-8-14-18)15-9-12-17-10-5-3-6-11-17/h1,3-8,10-11,13-14,19H,9,12,15-16H2. The van der Waals surface area contributed by atoms with Crippen molar-refractivity contribution < 1.29 is 4.74 Å². The fourth-order valence-electron chi connectivity index (χ4n) is 2.30. The highest BCUT2D eigenvalue weighted by atomic mass is 16.5. The third-order valence-corrected chi connectivity index (χ3v) is 3.31. The topological polar surface area (TPSA) is 9.23 Å². The first kappa shape index (κ1) is 14.4. The molecule has 0 aromatic heterocycles. The van der Waals surface area contributed by atoms with Gasteiger partial charge in [-0.05, 0) is 30.4 Å². The average molecular weight is 264 g/mol. The first-order chi connectivity index (χ1) is 9.90. The van der Waals surface area contributed by atoms with Crippen molar-refractivity contribution in [3.63, 3.8) is 0 Å². The van der Waals surface area contributed by atoms with Crippen molar-refractivity contribution in [3.05, 3.63) is 71.8 Å². The zero-order valence-electron chi connectivity index (χ0n) is 11.7. The molecule has 1 atom stereocenters. The maximum Gasteiger partial charge on any atom is 0.108 e. The minimum atomic E-state index is 0.0935. The van der Waals surface area contributed by atoms with E-state index in [1.54, 1.807) is 0 Å². The van der Waals surface area contributed by atoms with Gasteiger partial charge in [-0.2, -0.15) is 0 Å². The molecule has 2 aromatic rings. The van der Waals surface area contributed by atoms with Gasteiger partial charge in [0.25, 0.3) is 0 Å². The van der Waals surface area contributed by atoms with E-state index in [0.29, 0.717) is 6.61 Å². The Balaban J connectivity index is 1.90. The second-order valence-corrected chi connectivity index (χ2v) is 4.79. The van der Waals surface area contributed by atoms with Crippen LogP contribution >= 0.6 is 0 Å². The minimum absolute atomic E-state index is 0.0935. The number of ether oxygens (including phenoxy) is 1. The number of terminal acetylenes is 1. The zero-order chi connectivity index (χ0) is 14.0. The van der Waals surface area contributed by atoms with E-state index in [-0.39, 0.29) is 6.10 Å². The summed E-state index contributed by atoms with van der Waals surface area (Å²) < 4.78 is 5.78. The summed E-state index contributed by atoms with van der Waals surface area (Å²) in [5, 5.41) is 0. The van der Waals surface area contributed by atoms with Gasteiger partial charge in [0, 0.05) is 0 Å². The molecule has 0 saturated carbocycles. The van der Waals surface area contributed by atoms with Crippen molar-refractivity contribution in [1.29, 1.82) is 0 Å². The zero-order valence-corrected chi connectivity index (χ0v) is 11.7. The summed E-state index contributed by atoms with van der Waals surface area (Å²) in [5.41, 5.74) is 2.58. The van der Waals surface area contributed by atoms with Gasteiger partial charge in [-0.1, -0.05) is 66.6 Å². The summed E-state index contributed by atoms with van der Waals surface area (Å²) in [6.45, 7) is 0.366. The molecule has 1 unspecified atom stereocenters. The van der Waals surface area contributed by atoms with E-state index in [9.17, 15) is 0 Å².